The van der Waals surface area contributed by atoms with Crippen LogP contribution in [0.25, 0.3) is 0 Å². The van der Waals surface area contributed by atoms with Gasteiger partial charge >= 0.3 is 0 Å². The van der Waals surface area contributed by atoms with Crippen molar-refractivity contribution >= 4 is 11.6 Å². The Morgan fingerprint density at radius 2 is 2.35 bits per heavy atom. The standard InChI is InChI=1S/C11H18ClN3O2/c1-2-17-11-8-14(7-10(11)16)3-4-15-6-9(12)5-13-15/h5-6,10-11,16H,2-4,7-8H2,1H3/t10-,11-/m0/s1. The van der Waals surface area contributed by atoms with Crippen LogP contribution in [0.2, 0.25) is 5.02 Å². The number of β-amino-alcohol motifs (C(OH)–C–C–N with tert-alkyl or cyclic N) is 1. The lowest BCUT2D eigenvalue weighted by molar-refractivity contribution is -0.00243. The van der Waals surface area contributed by atoms with Crippen LogP contribution in [0.4, 0.5) is 0 Å². The fourth-order valence-electron chi connectivity index (χ4n) is 2.10. The lowest BCUT2D eigenvalue weighted by Gasteiger charge is -2.15. The van der Waals surface area contributed by atoms with Crippen molar-refractivity contribution in [2.75, 3.05) is 26.2 Å². The maximum absolute atomic E-state index is 9.78. The number of hydrogen-bond donors (Lipinski definition) is 1. The molecule has 17 heavy (non-hydrogen) atoms. The third-order valence-corrected chi connectivity index (χ3v) is 3.14. The molecule has 0 amide bonds. The van der Waals surface area contributed by atoms with Gasteiger partial charge in [-0.05, 0) is 6.92 Å². The predicted octanol–water partition coefficient (Wildman–Crippen LogP) is 0.618. The van der Waals surface area contributed by atoms with Gasteiger partial charge in [0.05, 0.1) is 30.0 Å². The molecule has 96 valence electrons. The molecule has 0 spiro atoms. The Morgan fingerprint density at radius 1 is 1.53 bits per heavy atom. The Balaban J connectivity index is 1.77. The molecule has 2 heterocycles. The van der Waals surface area contributed by atoms with Crippen molar-refractivity contribution in [3.63, 3.8) is 0 Å². The van der Waals surface area contributed by atoms with E-state index < -0.39 is 0 Å². The Kier molecular flexibility index (Phi) is 4.39. The van der Waals surface area contributed by atoms with Crippen LogP contribution in [0.15, 0.2) is 12.4 Å². The molecule has 1 aliphatic heterocycles. The number of hydrogen-bond acceptors (Lipinski definition) is 4. The highest BCUT2D eigenvalue weighted by Crippen LogP contribution is 2.13. The molecular weight excluding hydrogens is 242 g/mol. The molecule has 2 rings (SSSR count). The van der Waals surface area contributed by atoms with Crippen LogP contribution in [0, 0.1) is 0 Å². The molecule has 0 aromatic carbocycles. The van der Waals surface area contributed by atoms with E-state index in [9.17, 15) is 5.11 Å². The molecule has 1 fully saturated rings. The first-order valence-electron chi connectivity index (χ1n) is 5.89. The molecule has 0 saturated carbocycles. The van der Waals surface area contributed by atoms with E-state index >= 15 is 0 Å². The number of aliphatic hydroxyl groups excluding tert-OH is 1. The number of aliphatic hydroxyl groups is 1. The summed E-state index contributed by atoms with van der Waals surface area (Å²) in [6.07, 6.45) is 3.00. The van der Waals surface area contributed by atoms with Crippen LogP contribution in [-0.2, 0) is 11.3 Å². The monoisotopic (exact) mass is 259 g/mol. The molecule has 0 bridgehead atoms. The van der Waals surface area contributed by atoms with Gasteiger partial charge in [0.2, 0.25) is 0 Å². The minimum Gasteiger partial charge on any atom is -0.389 e. The van der Waals surface area contributed by atoms with Crippen LogP contribution < -0.4 is 0 Å². The van der Waals surface area contributed by atoms with Gasteiger partial charge in [0.15, 0.2) is 0 Å². The van der Waals surface area contributed by atoms with Crippen LogP contribution in [0.1, 0.15) is 6.92 Å². The zero-order valence-corrected chi connectivity index (χ0v) is 10.7. The van der Waals surface area contributed by atoms with Crippen LogP contribution in [-0.4, -0.2) is 58.2 Å². The number of ether oxygens (including phenoxy) is 1. The first kappa shape index (κ1) is 12.8. The second-order valence-electron chi connectivity index (χ2n) is 4.24. The molecule has 0 radical (unpaired) electrons. The average Bonchev–Trinajstić information content (AvgIpc) is 2.84. The van der Waals surface area contributed by atoms with Crippen LogP contribution in [0.5, 0.6) is 0 Å². The second kappa shape index (κ2) is 5.82. The van der Waals surface area contributed by atoms with Gasteiger partial charge in [0.1, 0.15) is 0 Å². The van der Waals surface area contributed by atoms with Gasteiger partial charge in [-0.1, -0.05) is 11.6 Å². The molecule has 1 saturated heterocycles. The summed E-state index contributed by atoms with van der Waals surface area (Å²) in [5.74, 6) is 0. The molecule has 0 unspecified atom stereocenters. The molecule has 0 aliphatic carbocycles. The van der Waals surface area contributed by atoms with Gasteiger partial charge in [-0.15, -0.1) is 0 Å². The van der Waals surface area contributed by atoms with Gasteiger partial charge in [0, 0.05) is 32.4 Å². The second-order valence-corrected chi connectivity index (χ2v) is 4.68. The van der Waals surface area contributed by atoms with Crippen molar-refractivity contribution in [3.8, 4) is 0 Å². The minimum absolute atomic E-state index is 0.0544. The topological polar surface area (TPSA) is 50.5 Å². The summed E-state index contributed by atoms with van der Waals surface area (Å²) in [4.78, 5) is 2.18. The van der Waals surface area contributed by atoms with Crippen LogP contribution in [0.3, 0.4) is 0 Å². The number of rotatable bonds is 5. The molecule has 6 heteroatoms. The third-order valence-electron chi connectivity index (χ3n) is 2.94. The molecule has 1 N–H and O–H groups in total. The molecule has 2 atom stereocenters. The lowest BCUT2D eigenvalue weighted by atomic mass is 10.3. The zero-order valence-electron chi connectivity index (χ0n) is 9.92. The van der Waals surface area contributed by atoms with E-state index in [0.29, 0.717) is 18.2 Å². The molecule has 1 aromatic rings. The van der Waals surface area contributed by atoms with Crippen molar-refractivity contribution in [1.29, 1.82) is 0 Å². The minimum atomic E-state index is -0.379. The summed E-state index contributed by atoms with van der Waals surface area (Å²) < 4.78 is 7.27. The summed E-state index contributed by atoms with van der Waals surface area (Å²) in [6.45, 7) is 5.66. The summed E-state index contributed by atoms with van der Waals surface area (Å²) >= 11 is 5.79. The number of halogens is 1. The zero-order chi connectivity index (χ0) is 12.3. The van der Waals surface area contributed by atoms with Crippen molar-refractivity contribution in [1.82, 2.24) is 14.7 Å². The van der Waals surface area contributed by atoms with Gasteiger partial charge < -0.3 is 9.84 Å². The van der Waals surface area contributed by atoms with Gasteiger partial charge in [-0.3, -0.25) is 9.58 Å². The maximum Gasteiger partial charge on any atom is 0.0972 e. The summed E-state index contributed by atoms with van der Waals surface area (Å²) in [5, 5.41) is 14.5. The molecular formula is C11H18ClN3O2. The fraction of sp³-hybridized carbons (Fsp3) is 0.727. The van der Waals surface area contributed by atoms with Crippen molar-refractivity contribution in [3.05, 3.63) is 17.4 Å². The van der Waals surface area contributed by atoms with Gasteiger partial charge in [-0.25, -0.2) is 0 Å². The van der Waals surface area contributed by atoms with E-state index in [-0.39, 0.29) is 12.2 Å². The number of likely N-dealkylation sites (tertiary alicyclic amines) is 1. The first-order chi connectivity index (χ1) is 8.19. The third kappa shape index (κ3) is 3.42. The SMILES string of the molecule is CCO[C@H]1CN(CCn2cc(Cl)cn2)C[C@@H]1O. The number of aromatic nitrogens is 2. The van der Waals surface area contributed by atoms with E-state index in [1.807, 2.05) is 11.6 Å². The average molecular weight is 260 g/mol. The van der Waals surface area contributed by atoms with E-state index in [2.05, 4.69) is 10.00 Å². The largest absolute Gasteiger partial charge is 0.389 e. The quantitative estimate of drug-likeness (QED) is 0.842. The highest BCUT2D eigenvalue weighted by atomic mass is 35.5. The Hall–Kier alpha value is -0.620. The van der Waals surface area contributed by atoms with Crippen LogP contribution >= 0.6 is 11.6 Å². The Bertz CT molecular complexity index is 358. The summed E-state index contributed by atoms with van der Waals surface area (Å²) in [6, 6.07) is 0. The number of nitrogens with zero attached hydrogens (tertiary/aromatic N) is 3. The fourth-order valence-corrected chi connectivity index (χ4v) is 2.25. The van der Waals surface area contributed by atoms with E-state index in [1.165, 1.54) is 0 Å². The molecule has 5 nitrogen and oxygen atoms in total. The Labute approximate surface area is 106 Å². The normalized spacial score (nSPS) is 25.6. The van der Waals surface area contributed by atoms with Crippen molar-refractivity contribution in [2.45, 2.75) is 25.7 Å². The first-order valence-corrected chi connectivity index (χ1v) is 6.27. The van der Waals surface area contributed by atoms with Crippen molar-refractivity contribution < 1.29 is 9.84 Å². The van der Waals surface area contributed by atoms with E-state index in [4.69, 9.17) is 16.3 Å². The highest BCUT2D eigenvalue weighted by Gasteiger charge is 2.31. The van der Waals surface area contributed by atoms with Crippen molar-refractivity contribution in [2.24, 2.45) is 0 Å². The van der Waals surface area contributed by atoms with E-state index in [1.54, 1.807) is 12.4 Å². The van der Waals surface area contributed by atoms with E-state index in [0.717, 1.165) is 19.6 Å². The Morgan fingerprint density at radius 3 is 3.00 bits per heavy atom. The smallest absolute Gasteiger partial charge is 0.0972 e. The van der Waals surface area contributed by atoms with Gasteiger partial charge in [-0.2, -0.15) is 5.10 Å². The molecule has 1 aromatic heterocycles. The molecule has 1 aliphatic rings. The van der Waals surface area contributed by atoms with Gasteiger partial charge in [0.25, 0.3) is 0 Å². The predicted molar refractivity (Wildman–Crippen MR) is 65.1 cm³/mol. The highest BCUT2D eigenvalue weighted by molar-refractivity contribution is 6.30. The summed E-state index contributed by atoms with van der Waals surface area (Å²) in [5.41, 5.74) is 0. The lowest BCUT2D eigenvalue weighted by Crippen LogP contribution is -2.27. The summed E-state index contributed by atoms with van der Waals surface area (Å²) in [7, 11) is 0. The maximum atomic E-state index is 9.78.